The summed E-state index contributed by atoms with van der Waals surface area (Å²) in [6, 6.07) is 0.152. The quantitative estimate of drug-likeness (QED) is 0.740. The van der Waals surface area contributed by atoms with Crippen LogP contribution in [0.5, 0.6) is 0 Å². The van der Waals surface area contributed by atoms with Crippen LogP contribution in [0.3, 0.4) is 0 Å². The summed E-state index contributed by atoms with van der Waals surface area (Å²) in [7, 11) is 0. The Kier molecular flexibility index (Phi) is 4.32. The van der Waals surface area contributed by atoms with Crippen molar-refractivity contribution < 1.29 is 14.7 Å². The van der Waals surface area contributed by atoms with E-state index in [4.69, 9.17) is 5.11 Å². The van der Waals surface area contributed by atoms with Crippen LogP contribution in [0.2, 0.25) is 0 Å². The number of carbonyl (C=O) groups excluding carboxylic acids is 1. The van der Waals surface area contributed by atoms with Gasteiger partial charge in [0.1, 0.15) is 0 Å². The van der Waals surface area contributed by atoms with E-state index in [-0.39, 0.29) is 17.4 Å². The number of carboxylic acids is 1. The molecule has 96 valence electrons. The van der Waals surface area contributed by atoms with Gasteiger partial charge < -0.3 is 10.4 Å². The van der Waals surface area contributed by atoms with Crippen molar-refractivity contribution in [1.82, 2.24) is 5.32 Å². The number of hydrogen-bond acceptors (Lipinski definition) is 2. The molecule has 2 N–H and O–H groups in total. The predicted octanol–water partition coefficient (Wildman–Crippen LogP) is 1.96. The molecule has 0 aromatic heterocycles. The fraction of sp³-hybridized carbons (Fsp3) is 0.692. The maximum Gasteiger partial charge on any atom is 0.328 e. The third-order valence-corrected chi connectivity index (χ3v) is 3.11. The second-order valence-electron chi connectivity index (χ2n) is 5.79. The van der Waals surface area contributed by atoms with E-state index in [1.165, 1.54) is 6.42 Å². The van der Waals surface area contributed by atoms with Crippen LogP contribution >= 0.6 is 0 Å². The van der Waals surface area contributed by atoms with Crippen LogP contribution in [0.1, 0.15) is 40.0 Å². The third-order valence-electron chi connectivity index (χ3n) is 3.11. The molecule has 0 aromatic carbocycles. The minimum absolute atomic E-state index is 0.152. The van der Waals surface area contributed by atoms with Crippen molar-refractivity contribution in [3.8, 4) is 0 Å². The lowest BCUT2D eigenvalue weighted by atomic mass is 9.70. The van der Waals surface area contributed by atoms with Gasteiger partial charge in [-0.25, -0.2) is 4.79 Å². The van der Waals surface area contributed by atoms with Crippen molar-refractivity contribution in [3.63, 3.8) is 0 Å². The molecule has 1 aliphatic rings. The lowest BCUT2D eigenvalue weighted by Gasteiger charge is -2.39. The molecule has 0 saturated heterocycles. The monoisotopic (exact) mass is 239 g/mol. The second kappa shape index (κ2) is 5.34. The molecule has 1 fully saturated rings. The molecule has 0 aliphatic heterocycles. The van der Waals surface area contributed by atoms with Crippen LogP contribution in [0.25, 0.3) is 0 Å². The van der Waals surface area contributed by atoms with Crippen molar-refractivity contribution in [3.05, 3.63) is 12.2 Å². The number of hydrogen-bond donors (Lipinski definition) is 2. The number of rotatable bonds is 3. The van der Waals surface area contributed by atoms with Crippen LogP contribution in [-0.2, 0) is 9.59 Å². The average Bonchev–Trinajstić information content (AvgIpc) is 2.11. The lowest BCUT2D eigenvalue weighted by Crippen LogP contribution is -2.42. The van der Waals surface area contributed by atoms with Gasteiger partial charge in [0.2, 0.25) is 5.91 Å². The Balaban J connectivity index is 2.51. The highest BCUT2D eigenvalue weighted by atomic mass is 16.4. The molecule has 1 aliphatic carbocycles. The molecular weight excluding hydrogens is 218 g/mol. The molecule has 4 heteroatoms. The summed E-state index contributed by atoms with van der Waals surface area (Å²) < 4.78 is 0. The predicted molar refractivity (Wildman–Crippen MR) is 65.5 cm³/mol. The molecule has 1 amide bonds. The highest BCUT2D eigenvalue weighted by Crippen LogP contribution is 2.38. The number of nitrogens with one attached hydrogen (secondary N) is 1. The number of amides is 1. The maximum atomic E-state index is 11.5. The fourth-order valence-corrected chi connectivity index (χ4v) is 2.85. The molecule has 0 aromatic rings. The highest BCUT2D eigenvalue weighted by molar-refractivity contribution is 5.93. The Morgan fingerprint density at radius 1 is 1.29 bits per heavy atom. The molecule has 0 unspecified atom stereocenters. The molecule has 17 heavy (non-hydrogen) atoms. The molecule has 2 atom stereocenters. The van der Waals surface area contributed by atoms with Gasteiger partial charge in [0, 0.05) is 18.2 Å². The zero-order valence-electron chi connectivity index (χ0n) is 10.7. The molecule has 1 saturated carbocycles. The van der Waals surface area contributed by atoms with E-state index < -0.39 is 5.97 Å². The largest absolute Gasteiger partial charge is 0.478 e. The minimum atomic E-state index is -1.10. The van der Waals surface area contributed by atoms with Gasteiger partial charge >= 0.3 is 5.97 Å². The Bertz CT molecular complexity index is 334. The number of carboxylic acid groups (broad SMARTS) is 1. The standard InChI is InChI=1S/C13H21NO3/c1-9-6-10(8-13(2,3)7-9)14-11(15)4-5-12(16)17/h4-5,9-10H,6-8H2,1-3H3,(H,14,15)(H,16,17)/b5-4+/t9-,10-/m0/s1. The number of carbonyl (C=O) groups is 2. The summed E-state index contributed by atoms with van der Waals surface area (Å²) >= 11 is 0. The van der Waals surface area contributed by atoms with Crippen molar-refractivity contribution in [2.24, 2.45) is 11.3 Å². The van der Waals surface area contributed by atoms with E-state index in [9.17, 15) is 9.59 Å². The smallest absolute Gasteiger partial charge is 0.328 e. The molecule has 4 nitrogen and oxygen atoms in total. The van der Waals surface area contributed by atoms with Gasteiger partial charge in [-0.2, -0.15) is 0 Å². The van der Waals surface area contributed by atoms with Crippen molar-refractivity contribution in [2.75, 3.05) is 0 Å². The first-order valence-electron chi connectivity index (χ1n) is 6.00. The molecule has 0 heterocycles. The van der Waals surface area contributed by atoms with Crippen LogP contribution in [0.15, 0.2) is 12.2 Å². The minimum Gasteiger partial charge on any atom is -0.478 e. The first-order valence-corrected chi connectivity index (χ1v) is 6.00. The third kappa shape index (κ3) is 5.02. The fourth-order valence-electron chi connectivity index (χ4n) is 2.85. The van der Waals surface area contributed by atoms with Crippen molar-refractivity contribution in [1.29, 1.82) is 0 Å². The number of aliphatic carboxylic acids is 1. The van der Waals surface area contributed by atoms with Gasteiger partial charge in [0.25, 0.3) is 0 Å². The lowest BCUT2D eigenvalue weighted by molar-refractivity contribution is -0.131. The van der Waals surface area contributed by atoms with Crippen LogP contribution in [0.4, 0.5) is 0 Å². The summed E-state index contributed by atoms with van der Waals surface area (Å²) in [5.41, 5.74) is 0.242. The summed E-state index contributed by atoms with van der Waals surface area (Å²) in [6.07, 6.45) is 5.03. The van der Waals surface area contributed by atoms with E-state index in [0.29, 0.717) is 5.92 Å². The van der Waals surface area contributed by atoms with Crippen molar-refractivity contribution in [2.45, 2.75) is 46.1 Å². The SMILES string of the molecule is C[C@H]1C[C@H](NC(=O)/C=C/C(=O)O)CC(C)(C)C1. The molecule has 0 spiro atoms. The summed E-state index contributed by atoms with van der Waals surface area (Å²) in [4.78, 5) is 21.8. The van der Waals surface area contributed by atoms with Gasteiger partial charge in [-0.15, -0.1) is 0 Å². The Morgan fingerprint density at radius 2 is 1.94 bits per heavy atom. The maximum absolute atomic E-state index is 11.5. The van der Waals surface area contributed by atoms with E-state index in [0.717, 1.165) is 25.0 Å². The summed E-state index contributed by atoms with van der Waals surface area (Å²) in [5.74, 6) is -0.827. The molecule has 0 bridgehead atoms. The molecule has 0 radical (unpaired) electrons. The highest BCUT2D eigenvalue weighted by Gasteiger charge is 2.32. The van der Waals surface area contributed by atoms with Crippen molar-refractivity contribution >= 4 is 11.9 Å². The van der Waals surface area contributed by atoms with Gasteiger partial charge in [-0.3, -0.25) is 4.79 Å². The van der Waals surface area contributed by atoms with E-state index in [1.807, 2.05) is 0 Å². The van der Waals surface area contributed by atoms with Gasteiger partial charge in [-0.05, 0) is 30.6 Å². The Morgan fingerprint density at radius 3 is 2.47 bits per heavy atom. The van der Waals surface area contributed by atoms with E-state index in [1.54, 1.807) is 0 Å². The van der Waals surface area contributed by atoms with Gasteiger partial charge in [0.15, 0.2) is 0 Å². The van der Waals surface area contributed by atoms with E-state index >= 15 is 0 Å². The Hall–Kier alpha value is -1.32. The topological polar surface area (TPSA) is 66.4 Å². The second-order valence-corrected chi connectivity index (χ2v) is 5.79. The Labute approximate surface area is 102 Å². The first kappa shape index (κ1) is 13.7. The average molecular weight is 239 g/mol. The summed E-state index contributed by atoms with van der Waals surface area (Å²) in [5, 5.41) is 11.3. The van der Waals surface area contributed by atoms with E-state index in [2.05, 4.69) is 26.1 Å². The normalized spacial score (nSPS) is 27.9. The van der Waals surface area contributed by atoms with Crippen LogP contribution in [0, 0.1) is 11.3 Å². The van der Waals surface area contributed by atoms with Crippen LogP contribution < -0.4 is 5.32 Å². The first-order chi connectivity index (χ1) is 7.78. The van der Waals surface area contributed by atoms with Gasteiger partial charge in [0.05, 0.1) is 0 Å². The van der Waals surface area contributed by atoms with Crippen LogP contribution in [-0.4, -0.2) is 23.0 Å². The zero-order chi connectivity index (χ0) is 13.1. The zero-order valence-corrected chi connectivity index (χ0v) is 10.7. The van der Waals surface area contributed by atoms with Gasteiger partial charge in [-0.1, -0.05) is 20.8 Å². The molecule has 1 rings (SSSR count). The molecular formula is C13H21NO3. The summed E-state index contributed by atoms with van der Waals surface area (Å²) in [6.45, 7) is 6.59.